The molecule has 0 spiro atoms. The van der Waals surface area contributed by atoms with Gasteiger partial charge in [-0.15, -0.1) is 0 Å². The number of carbonyl (C=O) groups is 2. The second-order valence-corrected chi connectivity index (χ2v) is 13.5. The van der Waals surface area contributed by atoms with E-state index in [0.717, 1.165) is 42.4 Å². The first-order valence-corrected chi connectivity index (χ1v) is 16.7. The summed E-state index contributed by atoms with van der Waals surface area (Å²) < 4.78 is 35.6. The number of nitrogens with zero attached hydrogens (tertiary/aromatic N) is 4. The van der Waals surface area contributed by atoms with Crippen LogP contribution in [0.4, 0.5) is 10.7 Å². The Hall–Kier alpha value is -4.19. The van der Waals surface area contributed by atoms with E-state index < -0.39 is 16.1 Å². The van der Waals surface area contributed by atoms with Crippen LogP contribution in [0.25, 0.3) is 11.3 Å². The number of amides is 3. The molecule has 0 radical (unpaired) electrons. The topological polar surface area (TPSA) is 134 Å². The fourth-order valence-corrected chi connectivity index (χ4v) is 7.34. The first kappa shape index (κ1) is 29.9. The Balaban J connectivity index is 1.35. The number of ether oxygens (including phenoxy) is 1. The molecule has 2 N–H and O–H groups in total. The molecule has 2 aromatic carbocycles. The van der Waals surface area contributed by atoms with E-state index in [1.54, 1.807) is 28.0 Å². The van der Waals surface area contributed by atoms with Crippen molar-refractivity contribution < 1.29 is 22.7 Å². The van der Waals surface area contributed by atoms with Crippen molar-refractivity contribution in [3.8, 4) is 17.1 Å². The van der Waals surface area contributed by atoms with Crippen molar-refractivity contribution in [3.63, 3.8) is 0 Å². The van der Waals surface area contributed by atoms with Crippen LogP contribution in [0.15, 0.2) is 53.4 Å². The van der Waals surface area contributed by atoms with Gasteiger partial charge in [-0.05, 0) is 56.0 Å². The Morgan fingerprint density at radius 1 is 0.977 bits per heavy atom. The normalized spacial score (nSPS) is 20.5. The van der Waals surface area contributed by atoms with Gasteiger partial charge in [0, 0.05) is 42.9 Å². The Morgan fingerprint density at radius 2 is 1.70 bits per heavy atom. The quantitative estimate of drug-likeness (QED) is 0.404. The van der Waals surface area contributed by atoms with Gasteiger partial charge in [0.15, 0.2) is 0 Å². The number of rotatable bonds is 2. The van der Waals surface area contributed by atoms with Gasteiger partial charge in [-0.1, -0.05) is 49.9 Å². The summed E-state index contributed by atoms with van der Waals surface area (Å²) in [7, 11) is -4.13. The van der Waals surface area contributed by atoms with Crippen LogP contribution in [-0.2, 0) is 10.0 Å². The summed E-state index contributed by atoms with van der Waals surface area (Å²) in [5, 5.41) is 3.21. The van der Waals surface area contributed by atoms with Gasteiger partial charge >= 0.3 is 6.03 Å². The van der Waals surface area contributed by atoms with Crippen molar-refractivity contribution in [2.45, 2.75) is 69.4 Å². The summed E-state index contributed by atoms with van der Waals surface area (Å²) in [6, 6.07) is 13.0. The summed E-state index contributed by atoms with van der Waals surface area (Å²) in [4.78, 5) is 39.4. The van der Waals surface area contributed by atoms with Crippen LogP contribution < -0.4 is 14.8 Å². The molecule has 11 nitrogen and oxygen atoms in total. The number of piperazine rings is 1. The molecular formula is C32H38N6O5S. The summed E-state index contributed by atoms with van der Waals surface area (Å²) in [6.07, 6.45) is 6.56. The predicted molar refractivity (Wildman–Crippen MR) is 166 cm³/mol. The molecule has 2 fully saturated rings. The zero-order valence-electron chi connectivity index (χ0n) is 25.1. The van der Waals surface area contributed by atoms with Crippen molar-refractivity contribution in [1.82, 2.24) is 25.1 Å². The van der Waals surface area contributed by atoms with Crippen LogP contribution in [0.1, 0.15) is 60.0 Å². The number of sulfonamides is 1. The molecule has 232 valence electrons. The van der Waals surface area contributed by atoms with Gasteiger partial charge in [0.05, 0.1) is 16.6 Å². The zero-order chi connectivity index (χ0) is 30.8. The van der Waals surface area contributed by atoms with Gasteiger partial charge < -0.3 is 19.9 Å². The summed E-state index contributed by atoms with van der Waals surface area (Å²) in [5.41, 5.74) is 3.52. The molecule has 3 aromatic rings. The van der Waals surface area contributed by atoms with Gasteiger partial charge in [-0.25, -0.2) is 22.9 Å². The summed E-state index contributed by atoms with van der Waals surface area (Å²) >= 11 is 0. The van der Waals surface area contributed by atoms with E-state index in [4.69, 9.17) is 4.74 Å². The van der Waals surface area contributed by atoms with Crippen LogP contribution in [-0.4, -0.2) is 78.4 Å². The number of fused-ring (bicyclic) bond motifs is 5. The molecule has 12 heteroatoms. The Labute approximate surface area is 258 Å². The highest BCUT2D eigenvalue weighted by atomic mass is 32.2. The van der Waals surface area contributed by atoms with Crippen molar-refractivity contribution in [2.75, 3.05) is 31.0 Å². The number of aryl methyl sites for hydroxylation is 2. The monoisotopic (exact) mass is 618 g/mol. The van der Waals surface area contributed by atoms with Crippen LogP contribution in [0.2, 0.25) is 0 Å². The lowest BCUT2D eigenvalue weighted by Gasteiger charge is -2.41. The predicted octanol–water partition coefficient (Wildman–Crippen LogP) is 4.51. The molecule has 4 bridgehead atoms. The third-order valence-electron chi connectivity index (χ3n) is 8.69. The number of carbonyl (C=O) groups excluding carboxylic acids is 2. The van der Waals surface area contributed by atoms with Crippen molar-refractivity contribution in [2.24, 2.45) is 0 Å². The first-order chi connectivity index (χ1) is 21.2. The Bertz CT molecular complexity index is 1650. The third-order valence-corrected chi connectivity index (χ3v) is 10.0. The highest BCUT2D eigenvalue weighted by molar-refractivity contribution is 7.92. The largest absolute Gasteiger partial charge is 0.475 e. The summed E-state index contributed by atoms with van der Waals surface area (Å²) in [5.74, 6) is -0.303. The first-order valence-electron chi connectivity index (χ1n) is 15.3. The maximum absolute atomic E-state index is 13.8. The standard InChI is InChI=1S/C32H38N6O5S/c1-21-9-7-10-22(2)29(21)27-18-28-35-31(34-27)36-44(41,42)26-14-8-11-23(17-26)30(39)38-16-15-37(19-25(38)20-43-28)32(40)33-24-12-5-3-4-6-13-24/h7-11,14,17-18,24-25H,3-6,12-13,15-16,19-20H2,1-2H3,(H,33,40)(H,34,35,36). The highest BCUT2D eigenvalue weighted by Gasteiger charge is 2.35. The van der Waals surface area contributed by atoms with Crippen LogP contribution in [0.3, 0.4) is 0 Å². The maximum Gasteiger partial charge on any atom is 0.317 e. The Morgan fingerprint density at radius 3 is 2.45 bits per heavy atom. The number of anilines is 1. The van der Waals surface area contributed by atoms with E-state index in [0.29, 0.717) is 12.2 Å². The lowest BCUT2D eigenvalue weighted by molar-refractivity contribution is 0.0393. The molecule has 1 aromatic heterocycles. The number of urea groups is 1. The minimum atomic E-state index is -4.13. The number of nitrogens with one attached hydrogen (secondary N) is 2. The molecule has 3 aliphatic rings. The molecule has 2 aliphatic heterocycles. The van der Waals surface area contributed by atoms with E-state index in [9.17, 15) is 18.0 Å². The van der Waals surface area contributed by atoms with E-state index >= 15 is 0 Å². The van der Waals surface area contributed by atoms with E-state index in [1.807, 2.05) is 32.0 Å². The number of benzene rings is 2. The smallest absolute Gasteiger partial charge is 0.317 e. The molecule has 1 atom stereocenters. The van der Waals surface area contributed by atoms with Crippen molar-refractivity contribution in [1.29, 1.82) is 0 Å². The molecule has 3 heterocycles. The lowest BCUT2D eigenvalue weighted by atomic mass is 10.00. The van der Waals surface area contributed by atoms with Gasteiger partial charge in [-0.3, -0.25) is 4.79 Å². The van der Waals surface area contributed by atoms with E-state index in [-0.39, 0.29) is 60.0 Å². The fourth-order valence-electron chi connectivity index (χ4n) is 6.35. The number of aromatic nitrogens is 2. The zero-order valence-corrected chi connectivity index (χ0v) is 25.9. The summed E-state index contributed by atoms with van der Waals surface area (Å²) in [6.45, 7) is 4.87. The van der Waals surface area contributed by atoms with E-state index in [1.165, 1.54) is 25.0 Å². The van der Waals surface area contributed by atoms with E-state index in [2.05, 4.69) is 20.0 Å². The number of hydrogen-bond donors (Lipinski definition) is 2. The second kappa shape index (κ2) is 12.4. The van der Waals surface area contributed by atoms with Crippen molar-refractivity contribution in [3.05, 3.63) is 65.2 Å². The molecule has 1 aliphatic carbocycles. The maximum atomic E-state index is 13.8. The Kier molecular flexibility index (Phi) is 8.44. The third kappa shape index (κ3) is 6.35. The molecule has 6 rings (SSSR count). The van der Waals surface area contributed by atoms with Gasteiger partial charge in [0.2, 0.25) is 11.8 Å². The second-order valence-electron chi connectivity index (χ2n) is 11.9. The fraction of sp³-hybridized carbons (Fsp3) is 0.438. The van der Waals surface area contributed by atoms with Gasteiger partial charge in [-0.2, -0.15) is 4.98 Å². The lowest BCUT2D eigenvalue weighted by Crippen LogP contribution is -2.60. The molecule has 1 unspecified atom stereocenters. The molecule has 1 saturated carbocycles. The minimum Gasteiger partial charge on any atom is -0.475 e. The van der Waals surface area contributed by atoms with Crippen LogP contribution >= 0.6 is 0 Å². The average Bonchev–Trinajstić information content (AvgIpc) is 3.27. The molecule has 1 saturated heterocycles. The van der Waals surface area contributed by atoms with Gasteiger partial charge in [0.1, 0.15) is 6.61 Å². The molecule has 44 heavy (non-hydrogen) atoms. The highest BCUT2D eigenvalue weighted by Crippen LogP contribution is 2.30. The number of hydrogen-bond acceptors (Lipinski definition) is 7. The minimum absolute atomic E-state index is 0.0496. The van der Waals surface area contributed by atoms with Crippen LogP contribution in [0.5, 0.6) is 5.88 Å². The van der Waals surface area contributed by atoms with Crippen LogP contribution in [0, 0.1) is 13.8 Å². The average molecular weight is 619 g/mol. The van der Waals surface area contributed by atoms with Crippen molar-refractivity contribution >= 4 is 27.9 Å². The molecule has 3 amide bonds. The SMILES string of the molecule is Cc1cccc(C)c1-c1cc2nc(n1)NS(=O)(=O)c1cccc(c1)C(=O)N1CCN(C(=O)NC3CCCCCC3)CC1CO2. The molecular weight excluding hydrogens is 580 g/mol. The van der Waals surface area contributed by atoms with Gasteiger partial charge in [0.25, 0.3) is 15.9 Å².